The molecular formula is C23H20FN3O3. The van der Waals surface area contributed by atoms with Gasteiger partial charge in [-0.05, 0) is 53.1 Å². The fourth-order valence-corrected chi connectivity index (χ4v) is 2.47. The summed E-state index contributed by atoms with van der Waals surface area (Å²) in [6.07, 6.45) is 1.42. The molecule has 3 aromatic rings. The van der Waals surface area contributed by atoms with Crippen molar-refractivity contribution in [3.05, 3.63) is 101 Å². The van der Waals surface area contributed by atoms with Crippen molar-refractivity contribution >= 4 is 18.0 Å². The van der Waals surface area contributed by atoms with Crippen LogP contribution in [0.2, 0.25) is 0 Å². The minimum atomic E-state index is -0.846. The fraction of sp³-hybridized carbons (Fsp3) is 0.0870. The van der Waals surface area contributed by atoms with Gasteiger partial charge in [-0.25, -0.2) is 9.82 Å². The van der Waals surface area contributed by atoms with Crippen molar-refractivity contribution in [1.29, 1.82) is 0 Å². The molecule has 0 heterocycles. The molecule has 0 bridgehead atoms. The van der Waals surface area contributed by atoms with E-state index in [0.717, 1.165) is 11.1 Å². The average Bonchev–Trinajstić information content (AvgIpc) is 2.78. The van der Waals surface area contributed by atoms with Crippen molar-refractivity contribution in [2.24, 2.45) is 5.10 Å². The Kier molecular flexibility index (Phi) is 7.27. The fourth-order valence-electron chi connectivity index (χ4n) is 2.47. The molecule has 0 unspecified atom stereocenters. The Bertz CT molecular complexity index is 1000. The van der Waals surface area contributed by atoms with Crippen molar-refractivity contribution in [3.8, 4) is 5.75 Å². The van der Waals surface area contributed by atoms with Crippen LogP contribution in [0.15, 0.2) is 84.0 Å². The number of nitrogens with one attached hydrogen (secondary N) is 2. The zero-order valence-corrected chi connectivity index (χ0v) is 16.0. The summed E-state index contributed by atoms with van der Waals surface area (Å²) in [6, 6.07) is 22.4. The number of rotatable bonds is 7. The van der Waals surface area contributed by atoms with Crippen LogP contribution in [0, 0.1) is 5.82 Å². The summed E-state index contributed by atoms with van der Waals surface area (Å²) in [4.78, 5) is 23.5. The first-order valence-corrected chi connectivity index (χ1v) is 9.22. The van der Waals surface area contributed by atoms with E-state index in [4.69, 9.17) is 4.74 Å². The molecule has 0 aliphatic rings. The van der Waals surface area contributed by atoms with E-state index in [1.165, 1.54) is 18.3 Å². The molecular weight excluding hydrogens is 385 g/mol. The molecule has 0 fully saturated rings. The van der Waals surface area contributed by atoms with E-state index < -0.39 is 11.8 Å². The highest BCUT2D eigenvalue weighted by Gasteiger charge is 2.11. The first-order chi connectivity index (χ1) is 14.6. The van der Waals surface area contributed by atoms with Gasteiger partial charge < -0.3 is 10.1 Å². The number of carbonyl (C=O) groups excluding carboxylic acids is 2. The Morgan fingerprint density at radius 1 is 0.867 bits per heavy atom. The number of ether oxygens (including phenoxy) is 1. The van der Waals surface area contributed by atoms with E-state index in [9.17, 15) is 14.0 Å². The maximum absolute atomic E-state index is 12.9. The van der Waals surface area contributed by atoms with Gasteiger partial charge in [0.05, 0.1) is 6.21 Å². The Morgan fingerprint density at radius 2 is 1.57 bits per heavy atom. The number of amides is 2. The second kappa shape index (κ2) is 10.5. The molecule has 3 rings (SSSR count). The molecule has 0 saturated heterocycles. The Morgan fingerprint density at radius 3 is 2.27 bits per heavy atom. The summed E-state index contributed by atoms with van der Waals surface area (Å²) < 4.78 is 18.5. The van der Waals surface area contributed by atoms with Gasteiger partial charge in [0.1, 0.15) is 18.2 Å². The first kappa shape index (κ1) is 20.7. The zero-order valence-electron chi connectivity index (χ0n) is 16.0. The third-order valence-corrected chi connectivity index (χ3v) is 4.08. The number of benzene rings is 3. The molecule has 0 radical (unpaired) electrons. The minimum absolute atomic E-state index is 0.260. The first-order valence-electron chi connectivity index (χ1n) is 9.22. The largest absolute Gasteiger partial charge is 0.489 e. The molecule has 30 heavy (non-hydrogen) atoms. The number of carbonyl (C=O) groups is 2. The topological polar surface area (TPSA) is 79.8 Å². The van der Waals surface area contributed by atoms with Crippen LogP contribution in [0.5, 0.6) is 5.75 Å². The van der Waals surface area contributed by atoms with Gasteiger partial charge in [0.15, 0.2) is 0 Å². The molecule has 152 valence electrons. The van der Waals surface area contributed by atoms with Crippen LogP contribution in [-0.2, 0) is 22.7 Å². The lowest BCUT2D eigenvalue weighted by atomic mass is 10.2. The molecule has 3 aromatic carbocycles. The maximum Gasteiger partial charge on any atom is 0.329 e. The lowest BCUT2D eigenvalue weighted by Gasteiger charge is -2.06. The predicted molar refractivity (Wildman–Crippen MR) is 111 cm³/mol. The highest BCUT2D eigenvalue weighted by Crippen LogP contribution is 2.14. The number of nitrogens with zero attached hydrogens (tertiary/aromatic N) is 1. The van der Waals surface area contributed by atoms with E-state index in [0.29, 0.717) is 17.9 Å². The molecule has 7 heteroatoms. The normalized spacial score (nSPS) is 10.6. The van der Waals surface area contributed by atoms with E-state index in [1.54, 1.807) is 36.4 Å². The van der Waals surface area contributed by atoms with Crippen molar-refractivity contribution in [1.82, 2.24) is 10.7 Å². The zero-order chi connectivity index (χ0) is 21.2. The van der Waals surface area contributed by atoms with Gasteiger partial charge in [0.25, 0.3) is 0 Å². The van der Waals surface area contributed by atoms with E-state index >= 15 is 0 Å². The van der Waals surface area contributed by atoms with Crippen molar-refractivity contribution in [3.63, 3.8) is 0 Å². The maximum atomic E-state index is 12.9. The van der Waals surface area contributed by atoms with Crippen LogP contribution in [0.4, 0.5) is 4.39 Å². The summed E-state index contributed by atoms with van der Waals surface area (Å²) in [7, 11) is 0. The summed E-state index contributed by atoms with van der Waals surface area (Å²) >= 11 is 0. The summed E-state index contributed by atoms with van der Waals surface area (Å²) in [5, 5.41) is 6.31. The number of hydrogen-bond donors (Lipinski definition) is 2. The third-order valence-electron chi connectivity index (χ3n) is 4.08. The van der Waals surface area contributed by atoms with Gasteiger partial charge in [-0.3, -0.25) is 9.59 Å². The van der Waals surface area contributed by atoms with Gasteiger partial charge >= 0.3 is 11.8 Å². The Labute approximate surface area is 173 Å². The molecule has 0 aliphatic carbocycles. The van der Waals surface area contributed by atoms with Crippen LogP contribution in [-0.4, -0.2) is 18.0 Å². The predicted octanol–water partition coefficient (Wildman–Crippen LogP) is 3.17. The Hall–Kier alpha value is -4.00. The standard InChI is InChI=1S/C23H20FN3O3/c24-20-10-6-19(7-11-20)16-30-21-12-8-18(9-13-21)15-26-27-23(29)22(28)25-14-17-4-2-1-3-5-17/h1-13,15H,14,16H2,(H,25,28)(H,27,29)/b26-15+. The Balaban J connectivity index is 1.42. The molecule has 6 nitrogen and oxygen atoms in total. The van der Waals surface area contributed by atoms with Gasteiger partial charge in [-0.15, -0.1) is 0 Å². The van der Waals surface area contributed by atoms with Crippen LogP contribution >= 0.6 is 0 Å². The number of halogens is 1. The van der Waals surface area contributed by atoms with Crippen LogP contribution in [0.25, 0.3) is 0 Å². The smallest absolute Gasteiger partial charge is 0.329 e. The quantitative estimate of drug-likeness (QED) is 0.360. The highest BCUT2D eigenvalue weighted by atomic mass is 19.1. The molecule has 2 N–H and O–H groups in total. The van der Waals surface area contributed by atoms with Crippen molar-refractivity contribution in [2.75, 3.05) is 0 Å². The van der Waals surface area contributed by atoms with Crippen LogP contribution < -0.4 is 15.5 Å². The van der Waals surface area contributed by atoms with Crippen molar-refractivity contribution in [2.45, 2.75) is 13.2 Å². The van der Waals surface area contributed by atoms with E-state index in [1.807, 2.05) is 30.3 Å². The number of hydrazone groups is 1. The number of hydrogen-bond acceptors (Lipinski definition) is 4. The molecule has 0 aliphatic heterocycles. The van der Waals surface area contributed by atoms with Crippen LogP contribution in [0.3, 0.4) is 0 Å². The van der Waals surface area contributed by atoms with Crippen molar-refractivity contribution < 1.29 is 18.7 Å². The van der Waals surface area contributed by atoms with E-state index in [2.05, 4.69) is 15.8 Å². The minimum Gasteiger partial charge on any atom is -0.489 e. The van der Waals surface area contributed by atoms with Crippen LogP contribution in [0.1, 0.15) is 16.7 Å². The highest BCUT2D eigenvalue weighted by molar-refractivity contribution is 6.35. The summed E-state index contributed by atoms with van der Waals surface area (Å²) in [5.74, 6) is -1.26. The molecule has 0 aromatic heterocycles. The van der Waals surface area contributed by atoms with Gasteiger partial charge in [-0.2, -0.15) is 5.10 Å². The third kappa shape index (κ3) is 6.56. The second-order valence-corrected chi connectivity index (χ2v) is 6.35. The SMILES string of the molecule is O=C(NCc1ccccc1)C(=O)N/N=C/c1ccc(OCc2ccc(F)cc2)cc1. The van der Waals surface area contributed by atoms with Gasteiger partial charge in [-0.1, -0.05) is 42.5 Å². The van der Waals surface area contributed by atoms with Gasteiger partial charge in [0.2, 0.25) is 0 Å². The molecule has 0 saturated carbocycles. The molecule has 0 atom stereocenters. The molecule has 2 amide bonds. The average molecular weight is 405 g/mol. The second-order valence-electron chi connectivity index (χ2n) is 6.35. The monoisotopic (exact) mass is 405 g/mol. The van der Waals surface area contributed by atoms with E-state index in [-0.39, 0.29) is 12.4 Å². The molecule has 0 spiro atoms. The lowest BCUT2D eigenvalue weighted by molar-refractivity contribution is -0.139. The lowest BCUT2D eigenvalue weighted by Crippen LogP contribution is -2.37. The summed E-state index contributed by atoms with van der Waals surface area (Å²) in [5.41, 5.74) is 4.66. The summed E-state index contributed by atoms with van der Waals surface area (Å²) in [6.45, 7) is 0.581. The van der Waals surface area contributed by atoms with Gasteiger partial charge in [0, 0.05) is 6.54 Å².